The number of rotatable bonds is 6. The van der Waals surface area contributed by atoms with E-state index in [1.54, 1.807) is 0 Å². The molecule has 1 aromatic carbocycles. The van der Waals surface area contributed by atoms with Crippen molar-refractivity contribution in [3.63, 3.8) is 0 Å². The molecule has 0 fully saturated rings. The Morgan fingerprint density at radius 3 is 2.65 bits per heavy atom. The van der Waals surface area contributed by atoms with Crippen LogP contribution in [-0.4, -0.2) is 27.8 Å². The Bertz CT molecular complexity index is 479. The number of hydrogen-bond donors (Lipinski definition) is 2. The van der Waals surface area contributed by atoms with Gasteiger partial charge in [-0.15, -0.1) is 0 Å². The number of benzene rings is 1. The lowest BCUT2D eigenvalue weighted by molar-refractivity contribution is 0.582. The molecular formula is C10H14BrClN2O2S. The second-order valence-electron chi connectivity index (χ2n) is 3.58. The highest BCUT2D eigenvalue weighted by Gasteiger charge is 2.01. The highest BCUT2D eigenvalue weighted by Crippen LogP contribution is 2.20. The summed E-state index contributed by atoms with van der Waals surface area (Å²) in [5, 5.41) is 3.79. The van der Waals surface area contributed by atoms with Crippen LogP contribution in [0.5, 0.6) is 0 Å². The molecule has 0 amide bonds. The highest BCUT2D eigenvalue weighted by molar-refractivity contribution is 9.10. The normalized spacial score (nSPS) is 11.7. The molecule has 0 saturated carbocycles. The predicted octanol–water partition coefficient (Wildman–Crippen LogP) is 1.74. The van der Waals surface area contributed by atoms with E-state index in [2.05, 4.69) is 26.0 Å². The van der Waals surface area contributed by atoms with Crippen LogP contribution in [0.25, 0.3) is 0 Å². The average Bonchev–Trinajstić information content (AvgIpc) is 2.18. The van der Waals surface area contributed by atoms with Crippen LogP contribution in [0.1, 0.15) is 5.56 Å². The van der Waals surface area contributed by atoms with Gasteiger partial charge in [0.1, 0.15) is 0 Å². The van der Waals surface area contributed by atoms with Gasteiger partial charge in [0.2, 0.25) is 10.0 Å². The lowest BCUT2D eigenvalue weighted by Crippen LogP contribution is -2.30. The van der Waals surface area contributed by atoms with Crippen molar-refractivity contribution in [3.05, 3.63) is 33.3 Å². The second kappa shape index (κ2) is 6.70. The Morgan fingerprint density at radius 1 is 1.35 bits per heavy atom. The van der Waals surface area contributed by atoms with E-state index in [0.29, 0.717) is 24.7 Å². The van der Waals surface area contributed by atoms with Crippen molar-refractivity contribution in [2.75, 3.05) is 19.3 Å². The molecule has 4 nitrogen and oxygen atoms in total. The van der Waals surface area contributed by atoms with Crippen LogP contribution >= 0.6 is 27.5 Å². The van der Waals surface area contributed by atoms with Gasteiger partial charge in [-0.1, -0.05) is 33.6 Å². The number of nitrogens with one attached hydrogen (secondary N) is 2. The van der Waals surface area contributed by atoms with Crippen molar-refractivity contribution in [2.45, 2.75) is 6.54 Å². The van der Waals surface area contributed by atoms with Crippen molar-refractivity contribution in [2.24, 2.45) is 0 Å². The molecule has 0 aliphatic rings. The fourth-order valence-electron chi connectivity index (χ4n) is 1.21. The Morgan fingerprint density at radius 2 is 2.06 bits per heavy atom. The van der Waals surface area contributed by atoms with E-state index >= 15 is 0 Å². The molecule has 0 saturated heterocycles. The van der Waals surface area contributed by atoms with Gasteiger partial charge in [-0.25, -0.2) is 13.1 Å². The molecule has 0 heterocycles. The van der Waals surface area contributed by atoms with Gasteiger partial charge >= 0.3 is 0 Å². The van der Waals surface area contributed by atoms with E-state index in [1.807, 2.05) is 18.2 Å². The largest absolute Gasteiger partial charge is 0.311 e. The van der Waals surface area contributed by atoms with E-state index in [9.17, 15) is 8.42 Å². The standard InChI is InChI=1S/C10H14BrClN2O2S/c1-17(15,16)14-5-4-13-7-8-2-3-9(11)6-10(8)12/h2-3,6,13-14H,4-5,7H2,1H3. The van der Waals surface area contributed by atoms with Crippen LogP contribution in [-0.2, 0) is 16.6 Å². The van der Waals surface area contributed by atoms with E-state index in [4.69, 9.17) is 11.6 Å². The van der Waals surface area contributed by atoms with E-state index in [0.717, 1.165) is 16.3 Å². The summed E-state index contributed by atoms with van der Waals surface area (Å²) in [6.07, 6.45) is 1.14. The van der Waals surface area contributed by atoms with Gasteiger partial charge in [0.25, 0.3) is 0 Å². The predicted molar refractivity (Wildman–Crippen MR) is 73.7 cm³/mol. The maximum Gasteiger partial charge on any atom is 0.208 e. The van der Waals surface area contributed by atoms with Gasteiger partial charge in [-0.3, -0.25) is 0 Å². The number of sulfonamides is 1. The first-order valence-corrected chi connectivity index (χ1v) is 8.04. The minimum Gasteiger partial charge on any atom is -0.311 e. The Balaban J connectivity index is 2.32. The first-order valence-electron chi connectivity index (χ1n) is 4.98. The quantitative estimate of drug-likeness (QED) is 0.775. The molecule has 0 atom stereocenters. The summed E-state index contributed by atoms with van der Waals surface area (Å²) in [6, 6.07) is 5.66. The molecular weight excluding hydrogens is 328 g/mol. The molecule has 2 N–H and O–H groups in total. The van der Waals surface area contributed by atoms with Crippen molar-refractivity contribution < 1.29 is 8.42 Å². The van der Waals surface area contributed by atoms with Crippen LogP contribution in [0, 0.1) is 0 Å². The fourth-order valence-corrected chi connectivity index (χ4v) is 2.43. The van der Waals surface area contributed by atoms with Gasteiger partial charge in [0.15, 0.2) is 0 Å². The molecule has 0 aliphatic heterocycles. The summed E-state index contributed by atoms with van der Waals surface area (Å²) >= 11 is 9.36. The molecule has 0 unspecified atom stereocenters. The van der Waals surface area contributed by atoms with Crippen LogP contribution in [0.3, 0.4) is 0 Å². The van der Waals surface area contributed by atoms with E-state index in [1.165, 1.54) is 0 Å². The smallest absolute Gasteiger partial charge is 0.208 e. The molecule has 96 valence electrons. The molecule has 1 aromatic rings. The molecule has 0 aromatic heterocycles. The molecule has 7 heteroatoms. The van der Waals surface area contributed by atoms with Crippen molar-refractivity contribution in [1.82, 2.24) is 10.0 Å². The third-order valence-electron chi connectivity index (χ3n) is 2.00. The fraction of sp³-hybridized carbons (Fsp3) is 0.400. The monoisotopic (exact) mass is 340 g/mol. The van der Waals surface area contributed by atoms with Crippen LogP contribution in [0.2, 0.25) is 5.02 Å². The van der Waals surface area contributed by atoms with Crippen LogP contribution in [0.15, 0.2) is 22.7 Å². The topological polar surface area (TPSA) is 58.2 Å². The zero-order chi connectivity index (χ0) is 12.9. The zero-order valence-electron chi connectivity index (χ0n) is 9.33. The molecule has 17 heavy (non-hydrogen) atoms. The first kappa shape index (κ1) is 14.9. The van der Waals surface area contributed by atoms with Crippen molar-refractivity contribution in [3.8, 4) is 0 Å². The highest BCUT2D eigenvalue weighted by atomic mass is 79.9. The molecule has 0 bridgehead atoms. The molecule has 0 radical (unpaired) electrons. The van der Waals surface area contributed by atoms with Crippen molar-refractivity contribution in [1.29, 1.82) is 0 Å². The van der Waals surface area contributed by atoms with Gasteiger partial charge < -0.3 is 5.32 Å². The van der Waals surface area contributed by atoms with Gasteiger partial charge in [-0.05, 0) is 17.7 Å². The third kappa shape index (κ3) is 6.38. The first-order chi connectivity index (χ1) is 7.88. The van der Waals surface area contributed by atoms with Gasteiger partial charge in [0, 0.05) is 29.1 Å². The second-order valence-corrected chi connectivity index (χ2v) is 6.73. The maximum atomic E-state index is 10.8. The Labute approximate surface area is 115 Å². The number of halogens is 2. The molecule has 0 aliphatic carbocycles. The SMILES string of the molecule is CS(=O)(=O)NCCNCc1ccc(Br)cc1Cl. The summed E-state index contributed by atoms with van der Waals surface area (Å²) in [6.45, 7) is 1.53. The van der Waals surface area contributed by atoms with Gasteiger partial charge in [0.05, 0.1) is 6.26 Å². The molecule has 1 rings (SSSR count). The summed E-state index contributed by atoms with van der Waals surface area (Å²) in [5.74, 6) is 0. The van der Waals surface area contributed by atoms with Crippen LogP contribution in [0.4, 0.5) is 0 Å². The summed E-state index contributed by atoms with van der Waals surface area (Å²) in [7, 11) is -3.11. The minimum absolute atomic E-state index is 0.368. The Hall–Kier alpha value is -0.140. The van der Waals surface area contributed by atoms with Crippen LogP contribution < -0.4 is 10.0 Å². The summed E-state index contributed by atoms with van der Waals surface area (Å²) in [4.78, 5) is 0. The summed E-state index contributed by atoms with van der Waals surface area (Å²) in [5.41, 5.74) is 0.981. The van der Waals surface area contributed by atoms with Gasteiger partial charge in [-0.2, -0.15) is 0 Å². The third-order valence-corrected chi connectivity index (χ3v) is 3.57. The lowest BCUT2D eigenvalue weighted by Gasteiger charge is -2.07. The molecule has 0 spiro atoms. The maximum absolute atomic E-state index is 10.8. The zero-order valence-corrected chi connectivity index (χ0v) is 12.5. The summed E-state index contributed by atoms with van der Waals surface area (Å²) < 4.78 is 24.9. The minimum atomic E-state index is -3.11. The van der Waals surface area contributed by atoms with E-state index in [-0.39, 0.29) is 0 Å². The Kier molecular flexibility index (Phi) is 5.88. The lowest BCUT2D eigenvalue weighted by atomic mass is 10.2. The average molecular weight is 342 g/mol. The van der Waals surface area contributed by atoms with Crippen molar-refractivity contribution >= 4 is 37.6 Å². The number of hydrogen-bond acceptors (Lipinski definition) is 3. The van der Waals surface area contributed by atoms with E-state index < -0.39 is 10.0 Å².